The summed E-state index contributed by atoms with van der Waals surface area (Å²) in [5.41, 5.74) is 0.0351. The monoisotopic (exact) mass is 454 g/mol. The smallest absolute Gasteiger partial charge is 0.307 e. The van der Waals surface area contributed by atoms with E-state index in [0.29, 0.717) is 11.6 Å². The maximum atomic E-state index is 13.1. The van der Waals surface area contributed by atoms with Crippen molar-refractivity contribution in [2.75, 3.05) is 5.32 Å². The molecule has 4 rings (SSSR count). The Morgan fingerprint density at radius 1 is 0.906 bits per heavy atom. The van der Waals surface area contributed by atoms with E-state index in [1.807, 2.05) is 42.6 Å². The van der Waals surface area contributed by atoms with Gasteiger partial charge < -0.3 is 5.32 Å². The van der Waals surface area contributed by atoms with Crippen molar-refractivity contribution in [3.8, 4) is 11.1 Å². The van der Waals surface area contributed by atoms with E-state index in [4.69, 9.17) is 0 Å². The van der Waals surface area contributed by atoms with E-state index in [0.717, 1.165) is 22.0 Å². The number of hydrogen-bond donors (Lipinski definition) is 1. The molecular formula is C25H21F3N2OS. The van der Waals surface area contributed by atoms with Crippen molar-refractivity contribution in [2.24, 2.45) is 0 Å². The Kier molecular flexibility index (Phi) is 6.02. The van der Waals surface area contributed by atoms with Gasteiger partial charge in [-0.3, -0.25) is 4.57 Å². The minimum atomic E-state index is -4.35. The van der Waals surface area contributed by atoms with E-state index >= 15 is 0 Å². The molecule has 4 aromatic rings. The number of anilines is 1. The Balaban J connectivity index is 1.68. The molecule has 0 bridgehead atoms. The zero-order chi connectivity index (χ0) is 22.9. The third kappa shape index (κ3) is 4.67. The van der Waals surface area contributed by atoms with E-state index < -0.39 is 5.51 Å². The molecule has 0 saturated carbocycles. The lowest BCUT2D eigenvalue weighted by molar-refractivity contribution is -0.0328. The molecule has 1 heterocycles. The van der Waals surface area contributed by atoms with Gasteiger partial charge in [0.1, 0.15) is 0 Å². The topological polar surface area (TPSA) is 34.0 Å². The maximum Gasteiger partial charge on any atom is 0.446 e. The van der Waals surface area contributed by atoms with Crippen LogP contribution in [0.1, 0.15) is 25.3 Å². The van der Waals surface area contributed by atoms with Crippen molar-refractivity contribution in [2.45, 2.75) is 30.2 Å². The minimum absolute atomic E-state index is 0.0643. The van der Waals surface area contributed by atoms with Crippen LogP contribution < -0.4 is 5.32 Å². The zero-order valence-corrected chi connectivity index (χ0v) is 18.3. The Morgan fingerprint density at radius 2 is 1.56 bits per heavy atom. The van der Waals surface area contributed by atoms with Crippen molar-refractivity contribution < 1.29 is 18.0 Å². The van der Waals surface area contributed by atoms with E-state index in [-0.39, 0.29) is 22.7 Å². The van der Waals surface area contributed by atoms with Crippen LogP contribution in [0.25, 0.3) is 22.0 Å². The molecule has 164 valence electrons. The number of aromatic nitrogens is 1. The van der Waals surface area contributed by atoms with Crippen LogP contribution in [-0.2, 0) is 0 Å². The molecule has 1 amide bonds. The SMILES string of the molecule is CC(C)c1ccccc1-c1cn(C(=O)Nc2ccc(SC(F)(F)F)cc2)c2ccccc12. The van der Waals surface area contributed by atoms with Crippen LogP contribution in [0.5, 0.6) is 0 Å². The molecule has 3 nitrogen and oxygen atoms in total. The third-order valence-corrected chi connectivity index (χ3v) is 5.88. The van der Waals surface area contributed by atoms with E-state index in [1.165, 1.54) is 29.8 Å². The molecule has 1 aromatic heterocycles. The minimum Gasteiger partial charge on any atom is -0.307 e. The van der Waals surface area contributed by atoms with Crippen LogP contribution >= 0.6 is 11.8 Å². The number of halogens is 3. The average Bonchev–Trinajstić information content (AvgIpc) is 3.14. The summed E-state index contributed by atoms with van der Waals surface area (Å²) in [4.78, 5) is 13.1. The van der Waals surface area contributed by atoms with Gasteiger partial charge in [-0.25, -0.2) is 4.79 Å². The van der Waals surface area contributed by atoms with E-state index in [9.17, 15) is 18.0 Å². The highest BCUT2D eigenvalue weighted by atomic mass is 32.2. The van der Waals surface area contributed by atoms with Gasteiger partial charge >= 0.3 is 11.5 Å². The van der Waals surface area contributed by atoms with Crippen molar-refractivity contribution in [1.82, 2.24) is 4.57 Å². The highest BCUT2D eigenvalue weighted by molar-refractivity contribution is 8.00. The summed E-state index contributed by atoms with van der Waals surface area (Å²) in [7, 11) is 0. The highest BCUT2D eigenvalue weighted by Crippen LogP contribution is 2.37. The van der Waals surface area contributed by atoms with Gasteiger partial charge in [-0.1, -0.05) is 56.3 Å². The molecule has 0 aliphatic rings. The summed E-state index contributed by atoms with van der Waals surface area (Å²) in [5, 5.41) is 3.73. The summed E-state index contributed by atoms with van der Waals surface area (Å²) in [6.45, 7) is 4.26. The van der Waals surface area contributed by atoms with Gasteiger partial charge in [-0.2, -0.15) is 13.2 Å². The molecule has 0 fully saturated rings. The lowest BCUT2D eigenvalue weighted by Gasteiger charge is -2.12. The van der Waals surface area contributed by atoms with Gasteiger partial charge in [0.05, 0.1) is 5.52 Å². The third-order valence-electron chi connectivity index (χ3n) is 5.14. The molecular weight excluding hydrogens is 433 g/mol. The second kappa shape index (κ2) is 8.74. The molecule has 0 unspecified atom stereocenters. The van der Waals surface area contributed by atoms with E-state index in [2.05, 4.69) is 31.3 Å². The van der Waals surface area contributed by atoms with Crippen molar-refractivity contribution in [3.05, 3.63) is 84.6 Å². The molecule has 0 spiro atoms. The largest absolute Gasteiger partial charge is 0.446 e. The van der Waals surface area contributed by atoms with E-state index in [1.54, 1.807) is 4.57 Å². The number of benzene rings is 3. The fourth-order valence-corrected chi connectivity index (χ4v) is 4.27. The number of carbonyl (C=O) groups is 1. The van der Waals surface area contributed by atoms with Crippen LogP contribution in [0.4, 0.5) is 23.7 Å². The first-order valence-corrected chi connectivity index (χ1v) is 10.9. The van der Waals surface area contributed by atoms with Gasteiger partial charge in [-0.05, 0) is 59.1 Å². The van der Waals surface area contributed by atoms with Crippen LogP contribution in [0, 0.1) is 0 Å². The summed E-state index contributed by atoms with van der Waals surface area (Å²) in [5.74, 6) is 0.315. The second-order valence-electron chi connectivity index (χ2n) is 7.67. The quantitative estimate of drug-likeness (QED) is 0.316. The maximum absolute atomic E-state index is 13.1. The molecule has 0 saturated heterocycles. The van der Waals surface area contributed by atoms with Crippen LogP contribution in [0.15, 0.2) is 83.9 Å². The number of hydrogen-bond acceptors (Lipinski definition) is 2. The normalized spacial score (nSPS) is 11.8. The number of nitrogens with zero attached hydrogens (tertiary/aromatic N) is 1. The summed E-state index contributed by atoms with van der Waals surface area (Å²) in [6.07, 6.45) is 1.81. The van der Waals surface area contributed by atoms with Gasteiger partial charge in [0.2, 0.25) is 0 Å². The highest BCUT2D eigenvalue weighted by Gasteiger charge is 2.29. The lowest BCUT2D eigenvalue weighted by Crippen LogP contribution is -2.18. The summed E-state index contributed by atoms with van der Waals surface area (Å²) < 4.78 is 39.1. The lowest BCUT2D eigenvalue weighted by atomic mass is 9.92. The first-order chi connectivity index (χ1) is 15.2. The number of thioether (sulfide) groups is 1. The van der Waals surface area contributed by atoms with Crippen molar-refractivity contribution in [1.29, 1.82) is 0 Å². The first kappa shape index (κ1) is 22.0. The first-order valence-electron chi connectivity index (χ1n) is 10.1. The fourth-order valence-electron chi connectivity index (χ4n) is 3.73. The molecule has 0 radical (unpaired) electrons. The molecule has 7 heteroatoms. The average molecular weight is 455 g/mol. The van der Waals surface area contributed by atoms with Crippen LogP contribution in [0.3, 0.4) is 0 Å². The Morgan fingerprint density at radius 3 is 2.25 bits per heavy atom. The Labute approximate surface area is 188 Å². The van der Waals surface area contributed by atoms with Crippen LogP contribution in [0.2, 0.25) is 0 Å². The number of alkyl halides is 3. The van der Waals surface area contributed by atoms with Gasteiger partial charge in [-0.15, -0.1) is 0 Å². The number of para-hydroxylation sites is 1. The molecule has 1 N–H and O–H groups in total. The van der Waals surface area contributed by atoms with Crippen molar-refractivity contribution >= 4 is 34.4 Å². The zero-order valence-electron chi connectivity index (χ0n) is 17.5. The predicted molar refractivity (Wildman–Crippen MR) is 124 cm³/mol. The number of amides is 1. The second-order valence-corrected chi connectivity index (χ2v) is 8.81. The molecule has 0 aliphatic heterocycles. The molecule has 32 heavy (non-hydrogen) atoms. The summed E-state index contributed by atoms with van der Waals surface area (Å²) >= 11 is -0.187. The predicted octanol–water partition coefficient (Wildman–Crippen LogP) is 8.12. The number of rotatable bonds is 4. The number of carbonyl (C=O) groups excluding carboxylic acids is 1. The van der Waals surface area contributed by atoms with Crippen LogP contribution in [-0.4, -0.2) is 16.1 Å². The number of nitrogens with one attached hydrogen (secondary N) is 1. The molecule has 0 aliphatic carbocycles. The molecule has 0 atom stereocenters. The number of fused-ring (bicyclic) bond motifs is 1. The van der Waals surface area contributed by atoms with Gasteiger partial charge in [0.15, 0.2) is 0 Å². The Hall–Kier alpha value is -3.19. The molecule has 3 aromatic carbocycles. The summed E-state index contributed by atoms with van der Waals surface area (Å²) in [6, 6.07) is 21.0. The van der Waals surface area contributed by atoms with Crippen molar-refractivity contribution in [3.63, 3.8) is 0 Å². The van der Waals surface area contributed by atoms with Gasteiger partial charge in [0, 0.05) is 27.7 Å². The fraction of sp³-hybridized carbons (Fsp3) is 0.160. The standard InChI is InChI=1S/C25H21F3N2OS/c1-16(2)19-7-3-4-8-20(19)22-15-30(23-10-6-5-9-21(22)23)24(31)29-17-11-13-18(14-12-17)32-25(26,27)28/h3-16H,1-2H3,(H,29,31). The Bertz CT molecular complexity index is 1260. The van der Waals surface area contributed by atoms with Gasteiger partial charge in [0.25, 0.3) is 0 Å².